The van der Waals surface area contributed by atoms with E-state index in [1.165, 1.54) is 15.6 Å². The van der Waals surface area contributed by atoms with Crippen LogP contribution in [0.3, 0.4) is 0 Å². The first-order valence-electron chi connectivity index (χ1n) is 7.26. The van der Waals surface area contributed by atoms with E-state index in [0.29, 0.717) is 30.4 Å². The molecular formula is C15H17N3O2S3. The van der Waals surface area contributed by atoms with Crippen molar-refractivity contribution in [2.24, 2.45) is 0 Å². The highest BCUT2D eigenvalue weighted by molar-refractivity contribution is 7.91. The molecule has 0 saturated carbocycles. The Kier molecular flexibility index (Phi) is 4.85. The first-order valence-corrected chi connectivity index (χ1v) is 10.4. The van der Waals surface area contributed by atoms with E-state index in [2.05, 4.69) is 11.0 Å². The summed E-state index contributed by atoms with van der Waals surface area (Å²) in [6.07, 6.45) is 0. The van der Waals surface area contributed by atoms with Crippen LogP contribution in [0.2, 0.25) is 0 Å². The number of aryl methyl sites for hydroxylation is 1. The minimum Gasteiger partial charge on any atom is -0.281 e. The molecule has 1 saturated heterocycles. The van der Waals surface area contributed by atoms with Crippen molar-refractivity contribution in [2.75, 3.05) is 26.2 Å². The molecule has 3 heterocycles. The number of piperazine rings is 1. The van der Waals surface area contributed by atoms with Crippen LogP contribution in [-0.2, 0) is 10.0 Å². The average molecular weight is 368 g/mol. The average Bonchev–Trinajstić information content (AvgIpc) is 3.21. The van der Waals surface area contributed by atoms with Crippen LogP contribution in [0.4, 0.5) is 0 Å². The van der Waals surface area contributed by atoms with E-state index in [0.717, 1.165) is 9.75 Å². The highest BCUT2D eigenvalue weighted by Crippen LogP contribution is 2.28. The number of rotatable bonds is 4. The van der Waals surface area contributed by atoms with Crippen molar-refractivity contribution in [1.82, 2.24) is 9.21 Å². The molecule has 8 heteroatoms. The summed E-state index contributed by atoms with van der Waals surface area (Å²) in [5, 5.41) is 11.4. The predicted octanol–water partition coefficient (Wildman–Crippen LogP) is 2.69. The fourth-order valence-electron chi connectivity index (χ4n) is 2.65. The number of nitrogens with zero attached hydrogens (tertiary/aromatic N) is 3. The van der Waals surface area contributed by atoms with Gasteiger partial charge in [0.2, 0.25) is 0 Å². The lowest BCUT2D eigenvalue weighted by Crippen LogP contribution is -2.49. The molecule has 23 heavy (non-hydrogen) atoms. The Morgan fingerprint density at radius 2 is 1.96 bits per heavy atom. The Bertz CT molecular complexity index is 797. The summed E-state index contributed by atoms with van der Waals surface area (Å²) in [5.41, 5.74) is 0. The van der Waals surface area contributed by atoms with Crippen molar-refractivity contribution in [1.29, 1.82) is 5.26 Å². The van der Waals surface area contributed by atoms with Crippen molar-refractivity contribution in [2.45, 2.75) is 17.2 Å². The summed E-state index contributed by atoms with van der Waals surface area (Å²) in [5.74, 6) is 0. The summed E-state index contributed by atoms with van der Waals surface area (Å²) >= 11 is 2.86. The van der Waals surface area contributed by atoms with Gasteiger partial charge in [-0.05, 0) is 30.5 Å². The normalized spacial score (nSPS) is 18.6. The number of hydrogen-bond acceptors (Lipinski definition) is 6. The number of thiophene rings is 2. The van der Waals surface area contributed by atoms with E-state index in [9.17, 15) is 13.7 Å². The summed E-state index contributed by atoms with van der Waals surface area (Å²) in [7, 11) is -3.41. The van der Waals surface area contributed by atoms with Crippen LogP contribution in [0.15, 0.2) is 33.9 Å². The molecule has 3 rings (SSSR count). The summed E-state index contributed by atoms with van der Waals surface area (Å²) in [4.78, 5) is 4.06. The van der Waals surface area contributed by atoms with Crippen LogP contribution >= 0.6 is 22.7 Å². The third-order valence-corrected chi connectivity index (χ3v) is 8.17. The minimum absolute atomic E-state index is 0.288. The van der Waals surface area contributed by atoms with E-state index >= 15 is 0 Å². The van der Waals surface area contributed by atoms with E-state index in [-0.39, 0.29) is 6.04 Å². The molecule has 1 unspecified atom stereocenters. The second-order valence-electron chi connectivity index (χ2n) is 5.35. The zero-order chi connectivity index (χ0) is 16.4. The minimum atomic E-state index is -3.41. The molecule has 0 amide bonds. The maximum atomic E-state index is 12.6. The Balaban J connectivity index is 1.70. The molecule has 1 atom stereocenters. The van der Waals surface area contributed by atoms with Gasteiger partial charge in [0.05, 0.1) is 6.07 Å². The summed E-state index contributed by atoms with van der Waals surface area (Å²) < 4.78 is 27.2. The Hall–Kier alpha value is -1.24. The molecule has 0 N–H and O–H groups in total. The van der Waals surface area contributed by atoms with Crippen molar-refractivity contribution in [3.63, 3.8) is 0 Å². The third kappa shape index (κ3) is 3.34. The molecule has 0 bridgehead atoms. The van der Waals surface area contributed by atoms with Gasteiger partial charge in [0.15, 0.2) is 0 Å². The first kappa shape index (κ1) is 16.6. The molecule has 1 aliphatic rings. The van der Waals surface area contributed by atoms with Crippen LogP contribution in [0.5, 0.6) is 0 Å². The third-order valence-electron chi connectivity index (χ3n) is 3.88. The Morgan fingerprint density at radius 3 is 2.48 bits per heavy atom. The zero-order valence-electron chi connectivity index (χ0n) is 12.7. The molecule has 1 fully saturated rings. The lowest BCUT2D eigenvalue weighted by Gasteiger charge is -2.35. The summed E-state index contributed by atoms with van der Waals surface area (Å²) in [6.45, 7) is 3.88. The molecule has 5 nitrogen and oxygen atoms in total. The molecule has 2 aromatic rings. The molecule has 1 aliphatic heterocycles. The van der Waals surface area contributed by atoms with Crippen molar-refractivity contribution < 1.29 is 8.42 Å². The maximum Gasteiger partial charge on any atom is 0.252 e. The van der Waals surface area contributed by atoms with Crippen LogP contribution in [0, 0.1) is 18.3 Å². The largest absolute Gasteiger partial charge is 0.281 e. The van der Waals surface area contributed by atoms with Gasteiger partial charge < -0.3 is 0 Å². The van der Waals surface area contributed by atoms with Gasteiger partial charge in [-0.2, -0.15) is 9.57 Å². The standard InChI is InChI=1S/C15H17N3O2S3/c1-12-4-5-15(22-12)23(19,20)18-8-6-17(7-9-18)13(11-16)14-3-2-10-21-14/h2-5,10,13H,6-9H2,1H3. The number of hydrogen-bond donors (Lipinski definition) is 0. The van der Waals surface area contributed by atoms with Gasteiger partial charge in [-0.3, -0.25) is 4.90 Å². The van der Waals surface area contributed by atoms with Crippen molar-refractivity contribution in [3.05, 3.63) is 39.4 Å². The lowest BCUT2D eigenvalue weighted by atomic mass is 10.2. The molecule has 0 aromatic carbocycles. The SMILES string of the molecule is Cc1ccc(S(=O)(=O)N2CCN(C(C#N)c3cccs3)CC2)s1. The van der Waals surface area contributed by atoms with Gasteiger partial charge in [-0.1, -0.05) is 6.07 Å². The fraction of sp³-hybridized carbons (Fsp3) is 0.400. The summed E-state index contributed by atoms with van der Waals surface area (Å²) in [6, 6.07) is 9.44. The highest BCUT2D eigenvalue weighted by Gasteiger charge is 2.32. The predicted molar refractivity (Wildman–Crippen MR) is 92.1 cm³/mol. The van der Waals surface area contributed by atoms with Crippen LogP contribution in [-0.4, -0.2) is 43.8 Å². The van der Waals surface area contributed by atoms with Gasteiger partial charge >= 0.3 is 0 Å². The fourth-order valence-corrected chi connectivity index (χ4v) is 6.31. The quantitative estimate of drug-likeness (QED) is 0.833. The molecule has 122 valence electrons. The van der Waals surface area contributed by atoms with E-state index in [1.54, 1.807) is 17.4 Å². The van der Waals surface area contributed by atoms with Crippen LogP contribution in [0.1, 0.15) is 15.8 Å². The maximum absolute atomic E-state index is 12.6. The van der Waals surface area contributed by atoms with E-state index < -0.39 is 10.0 Å². The van der Waals surface area contributed by atoms with Gasteiger partial charge in [0.1, 0.15) is 10.3 Å². The molecule has 0 radical (unpaired) electrons. The molecule has 0 aliphatic carbocycles. The Morgan fingerprint density at radius 1 is 1.22 bits per heavy atom. The second-order valence-corrected chi connectivity index (χ2v) is 9.78. The number of sulfonamides is 1. The highest BCUT2D eigenvalue weighted by atomic mass is 32.2. The van der Waals surface area contributed by atoms with Crippen molar-refractivity contribution >= 4 is 32.7 Å². The zero-order valence-corrected chi connectivity index (χ0v) is 15.1. The van der Waals surface area contributed by atoms with Gasteiger partial charge in [0.25, 0.3) is 10.0 Å². The van der Waals surface area contributed by atoms with E-state index in [4.69, 9.17) is 0 Å². The van der Waals surface area contributed by atoms with Gasteiger partial charge in [0, 0.05) is 35.9 Å². The smallest absolute Gasteiger partial charge is 0.252 e. The second kappa shape index (κ2) is 6.71. The van der Waals surface area contributed by atoms with Crippen molar-refractivity contribution in [3.8, 4) is 6.07 Å². The van der Waals surface area contributed by atoms with E-state index in [1.807, 2.05) is 30.5 Å². The number of nitriles is 1. The molecule has 0 spiro atoms. The van der Waals surface area contributed by atoms with Gasteiger partial charge in [-0.25, -0.2) is 8.42 Å². The van der Waals surface area contributed by atoms with Gasteiger partial charge in [-0.15, -0.1) is 22.7 Å². The monoisotopic (exact) mass is 367 g/mol. The van der Waals surface area contributed by atoms with Crippen LogP contribution in [0.25, 0.3) is 0 Å². The van der Waals surface area contributed by atoms with Crippen LogP contribution < -0.4 is 0 Å². The molecular weight excluding hydrogens is 350 g/mol. The Labute approximate surface area is 144 Å². The lowest BCUT2D eigenvalue weighted by molar-refractivity contribution is 0.164. The topological polar surface area (TPSA) is 64.4 Å². The first-order chi connectivity index (χ1) is 11.0. The molecule has 2 aromatic heterocycles.